The van der Waals surface area contributed by atoms with Crippen LogP contribution in [0.3, 0.4) is 0 Å². The third kappa shape index (κ3) is 5.98. The van der Waals surface area contributed by atoms with E-state index in [-0.39, 0.29) is 24.0 Å². The average molecular weight is 467 g/mol. The molecule has 0 bridgehead atoms. The number of amides is 1. The number of ether oxygens (including phenoxy) is 2. The van der Waals surface area contributed by atoms with Gasteiger partial charge in [-0.3, -0.25) is 4.79 Å². The number of morpholine rings is 1. The average Bonchev–Trinajstić information content (AvgIpc) is 2.88. The van der Waals surface area contributed by atoms with Gasteiger partial charge in [0.1, 0.15) is 5.75 Å². The Balaban J connectivity index is 1.25. The van der Waals surface area contributed by atoms with E-state index in [1.807, 2.05) is 54.6 Å². The number of benzene rings is 3. The molecule has 1 N–H and O–H groups in total. The summed E-state index contributed by atoms with van der Waals surface area (Å²) in [7, 11) is -3.52. The van der Waals surface area contributed by atoms with Crippen LogP contribution in [0.4, 0.5) is 0 Å². The van der Waals surface area contributed by atoms with Crippen molar-refractivity contribution in [2.24, 2.45) is 0 Å². The lowest BCUT2D eigenvalue weighted by atomic mass is 10.1. The highest BCUT2D eigenvalue weighted by atomic mass is 32.2. The molecule has 1 amide bonds. The molecular formula is C25H26N2O5S. The second kappa shape index (κ2) is 10.6. The van der Waals surface area contributed by atoms with Crippen LogP contribution in [0, 0.1) is 0 Å². The zero-order valence-electron chi connectivity index (χ0n) is 18.1. The molecule has 0 saturated carbocycles. The van der Waals surface area contributed by atoms with E-state index in [0.29, 0.717) is 32.1 Å². The molecule has 0 atom stereocenters. The van der Waals surface area contributed by atoms with Crippen LogP contribution in [0.25, 0.3) is 11.1 Å². The molecule has 0 radical (unpaired) electrons. The molecule has 1 aliphatic heterocycles. The van der Waals surface area contributed by atoms with E-state index in [1.165, 1.54) is 4.31 Å². The summed E-state index contributed by atoms with van der Waals surface area (Å²) >= 11 is 0. The van der Waals surface area contributed by atoms with Crippen LogP contribution < -0.4 is 10.1 Å². The van der Waals surface area contributed by atoms with Crippen molar-refractivity contribution in [1.82, 2.24) is 9.62 Å². The van der Waals surface area contributed by atoms with E-state index < -0.39 is 10.0 Å². The van der Waals surface area contributed by atoms with Gasteiger partial charge < -0.3 is 14.8 Å². The van der Waals surface area contributed by atoms with Crippen molar-refractivity contribution in [2.75, 3.05) is 32.9 Å². The van der Waals surface area contributed by atoms with Gasteiger partial charge in [0, 0.05) is 19.6 Å². The number of sulfonamides is 1. The molecule has 0 unspecified atom stereocenters. The van der Waals surface area contributed by atoms with Crippen molar-refractivity contribution >= 4 is 15.9 Å². The van der Waals surface area contributed by atoms with Crippen LogP contribution in [-0.4, -0.2) is 51.5 Å². The molecule has 1 heterocycles. The molecule has 0 aromatic heterocycles. The van der Waals surface area contributed by atoms with Crippen molar-refractivity contribution in [3.63, 3.8) is 0 Å². The Kier molecular flexibility index (Phi) is 7.39. The van der Waals surface area contributed by atoms with E-state index in [9.17, 15) is 13.2 Å². The van der Waals surface area contributed by atoms with Gasteiger partial charge in [0.15, 0.2) is 6.61 Å². The highest BCUT2D eigenvalue weighted by molar-refractivity contribution is 7.89. The van der Waals surface area contributed by atoms with Crippen LogP contribution in [-0.2, 0) is 26.1 Å². The van der Waals surface area contributed by atoms with Gasteiger partial charge in [-0.1, -0.05) is 54.6 Å². The monoisotopic (exact) mass is 466 g/mol. The Bertz CT molecular complexity index is 1160. The Morgan fingerprint density at radius 2 is 1.52 bits per heavy atom. The lowest BCUT2D eigenvalue weighted by Gasteiger charge is -2.26. The van der Waals surface area contributed by atoms with Gasteiger partial charge in [-0.05, 0) is 41.0 Å². The maximum Gasteiger partial charge on any atom is 0.258 e. The first kappa shape index (κ1) is 23.0. The first-order valence-electron chi connectivity index (χ1n) is 10.7. The lowest BCUT2D eigenvalue weighted by Crippen LogP contribution is -2.40. The number of hydrogen-bond donors (Lipinski definition) is 1. The third-order valence-electron chi connectivity index (χ3n) is 5.35. The van der Waals surface area contributed by atoms with E-state index >= 15 is 0 Å². The number of carbonyl (C=O) groups excluding carboxylic acids is 1. The Morgan fingerprint density at radius 1 is 0.879 bits per heavy atom. The minimum atomic E-state index is -3.52. The lowest BCUT2D eigenvalue weighted by molar-refractivity contribution is -0.123. The van der Waals surface area contributed by atoms with Crippen LogP contribution in [0.5, 0.6) is 5.75 Å². The van der Waals surface area contributed by atoms with Crippen LogP contribution in [0.15, 0.2) is 83.8 Å². The summed E-state index contributed by atoms with van der Waals surface area (Å²) in [5, 5.41) is 2.79. The van der Waals surface area contributed by atoms with Gasteiger partial charge in [-0.2, -0.15) is 4.31 Å². The first-order valence-corrected chi connectivity index (χ1v) is 12.2. The summed E-state index contributed by atoms with van der Waals surface area (Å²) in [5.41, 5.74) is 2.99. The highest BCUT2D eigenvalue weighted by Crippen LogP contribution is 2.22. The number of hydrogen-bond acceptors (Lipinski definition) is 5. The molecule has 0 spiro atoms. The molecule has 3 aromatic rings. The molecule has 7 nitrogen and oxygen atoms in total. The summed E-state index contributed by atoms with van der Waals surface area (Å²) in [5.74, 6) is 0.356. The second-order valence-corrected chi connectivity index (χ2v) is 9.55. The zero-order chi connectivity index (χ0) is 23.1. The summed E-state index contributed by atoms with van der Waals surface area (Å²) in [6.45, 7) is 1.70. The van der Waals surface area contributed by atoms with Gasteiger partial charge in [-0.15, -0.1) is 0 Å². The molecule has 1 aliphatic rings. The number of rotatable bonds is 8. The number of carbonyl (C=O) groups is 1. The maximum atomic E-state index is 12.7. The molecule has 8 heteroatoms. The molecule has 0 aliphatic carbocycles. The standard InChI is InChI=1S/C25H26N2O5S/c28-25(19-32-23-10-8-22(9-11-23)21-4-2-1-3-5-21)26-18-20-6-12-24(13-7-20)33(29,30)27-14-16-31-17-15-27/h1-13H,14-19H2,(H,26,28). The fraction of sp³-hybridized carbons (Fsp3) is 0.240. The second-order valence-electron chi connectivity index (χ2n) is 7.62. The van der Waals surface area contributed by atoms with E-state index in [1.54, 1.807) is 24.3 Å². The molecule has 3 aromatic carbocycles. The van der Waals surface area contributed by atoms with Crippen LogP contribution >= 0.6 is 0 Å². The van der Waals surface area contributed by atoms with E-state index in [2.05, 4.69) is 5.32 Å². The zero-order valence-corrected chi connectivity index (χ0v) is 19.0. The third-order valence-corrected chi connectivity index (χ3v) is 7.27. The Morgan fingerprint density at radius 3 is 2.18 bits per heavy atom. The van der Waals surface area contributed by atoms with Gasteiger partial charge in [0.05, 0.1) is 18.1 Å². The smallest absolute Gasteiger partial charge is 0.258 e. The molecule has 1 fully saturated rings. The SMILES string of the molecule is O=C(COc1ccc(-c2ccccc2)cc1)NCc1ccc(S(=O)(=O)N2CCOCC2)cc1. The maximum absolute atomic E-state index is 12.7. The van der Waals surface area contributed by atoms with Crippen LogP contribution in [0.2, 0.25) is 0 Å². The summed E-state index contributed by atoms with van der Waals surface area (Å²) < 4.78 is 37.6. The summed E-state index contributed by atoms with van der Waals surface area (Å²) in [6.07, 6.45) is 0. The molecule has 1 saturated heterocycles. The summed E-state index contributed by atoms with van der Waals surface area (Å²) in [4.78, 5) is 12.4. The normalized spacial score (nSPS) is 14.5. The number of nitrogens with zero attached hydrogens (tertiary/aromatic N) is 1. The van der Waals surface area contributed by atoms with Gasteiger partial charge in [-0.25, -0.2) is 8.42 Å². The fourth-order valence-electron chi connectivity index (χ4n) is 3.49. The van der Waals surface area contributed by atoms with Crippen LogP contribution in [0.1, 0.15) is 5.56 Å². The quantitative estimate of drug-likeness (QED) is 0.552. The Hall–Kier alpha value is -3.20. The summed E-state index contributed by atoms with van der Waals surface area (Å²) in [6, 6.07) is 24.1. The van der Waals surface area contributed by atoms with Crippen molar-refractivity contribution in [3.05, 3.63) is 84.4 Å². The fourth-order valence-corrected chi connectivity index (χ4v) is 4.90. The van der Waals surface area contributed by atoms with Gasteiger partial charge >= 0.3 is 0 Å². The predicted molar refractivity (Wildman–Crippen MR) is 125 cm³/mol. The van der Waals surface area contributed by atoms with Gasteiger partial charge in [0.25, 0.3) is 5.91 Å². The van der Waals surface area contributed by atoms with Crippen molar-refractivity contribution in [2.45, 2.75) is 11.4 Å². The van der Waals surface area contributed by atoms with Crippen molar-refractivity contribution < 1.29 is 22.7 Å². The minimum absolute atomic E-state index is 0.103. The van der Waals surface area contributed by atoms with E-state index in [0.717, 1.165) is 16.7 Å². The largest absolute Gasteiger partial charge is 0.484 e. The highest BCUT2D eigenvalue weighted by Gasteiger charge is 2.26. The molecule has 4 rings (SSSR count). The van der Waals surface area contributed by atoms with Crippen molar-refractivity contribution in [3.8, 4) is 16.9 Å². The predicted octanol–water partition coefficient (Wildman–Crippen LogP) is 3.07. The van der Waals surface area contributed by atoms with Crippen molar-refractivity contribution in [1.29, 1.82) is 0 Å². The Labute approximate surface area is 194 Å². The minimum Gasteiger partial charge on any atom is -0.484 e. The van der Waals surface area contributed by atoms with Gasteiger partial charge in [0.2, 0.25) is 10.0 Å². The van der Waals surface area contributed by atoms with E-state index in [4.69, 9.17) is 9.47 Å². The topological polar surface area (TPSA) is 84.9 Å². The first-order chi connectivity index (χ1) is 16.0. The molecular weight excluding hydrogens is 440 g/mol. The molecule has 33 heavy (non-hydrogen) atoms. The molecule has 172 valence electrons. The number of nitrogens with one attached hydrogen (secondary N) is 1.